The number of primary amides is 1. The maximum atomic E-state index is 10.8. The zero-order chi connectivity index (χ0) is 10.7. The lowest BCUT2D eigenvalue weighted by Crippen LogP contribution is -2.21. The van der Waals surface area contributed by atoms with Gasteiger partial charge >= 0.3 is 6.03 Å². The summed E-state index contributed by atoms with van der Waals surface area (Å²) in [4.78, 5) is 15.0. The van der Waals surface area contributed by atoms with E-state index in [0.29, 0.717) is 11.7 Å². The summed E-state index contributed by atoms with van der Waals surface area (Å²) in [5.74, 6) is 1.15. The Morgan fingerprint density at radius 2 is 2.20 bits per heavy atom. The maximum Gasteiger partial charge on any atom is 0.317 e. The summed E-state index contributed by atoms with van der Waals surface area (Å²) in [6, 6.07) is 3.38. The molecule has 1 fully saturated rings. The van der Waals surface area contributed by atoms with Gasteiger partial charge in [0, 0.05) is 6.20 Å². The van der Waals surface area contributed by atoms with E-state index in [2.05, 4.69) is 10.3 Å². The summed E-state index contributed by atoms with van der Waals surface area (Å²) in [5, 5.41) is 2.58. The van der Waals surface area contributed by atoms with Gasteiger partial charge in [0.1, 0.15) is 5.82 Å². The van der Waals surface area contributed by atoms with Gasteiger partial charge in [0.05, 0.1) is 0 Å². The second kappa shape index (κ2) is 4.29. The Morgan fingerprint density at radius 1 is 1.47 bits per heavy atom. The molecule has 15 heavy (non-hydrogen) atoms. The van der Waals surface area contributed by atoms with E-state index >= 15 is 0 Å². The number of amides is 2. The molecule has 0 spiro atoms. The summed E-state index contributed by atoms with van der Waals surface area (Å²) in [6.07, 6.45) is 6.55. The molecule has 2 rings (SSSR count). The molecular weight excluding hydrogens is 190 g/mol. The van der Waals surface area contributed by atoms with Crippen LogP contribution in [0.1, 0.15) is 37.2 Å². The van der Waals surface area contributed by atoms with Gasteiger partial charge in [-0.2, -0.15) is 0 Å². The van der Waals surface area contributed by atoms with Gasteiger partial charge in [-0.1, -0.05) is 18.9 Å². The fourth-order valence-corrected chi connectivity index (χ4v) is 2.21. The molecule has 1 aromatic rings. The first-order valence-corrected chi connectivity index (χ1v) is 5.29. The number of carbonyl (C=O) groups is 1. The van der Waals surface area contributed by atoms with Gasteiger partial charge < -0.3 is 5.73 Å². The number of anilines is 1. The number of nitrogens with one attached hydrogen (secondary N) is 1. The van der Waals surface area contributed by atoms with Gasteiger partial charge in [-0.3, -0.25) is 5.32 Å². The van der Waals surface area contributed by atoms with Crippen LogP contribution in [-0.2, 0) is 0 Å². The molecule has 0 aromatic carbocycles. The average molecular weight is 205 g/mol. The Balaban J connectivity index is 2.24. The molecule has 1 saturated carbocycles. The number of aromatic nitrogens is 1. The van der Waals surface area contributed by atoms with Crippen LogP contribution in [0.15, 0.2) is 18.3 Å². The van der Waals surface area contributed by atoms with Crippen molar-refractivity contribution >= 4 is 11.8 Å². The predicted molar refractivity (Wildman–Crippen MR) is 58.7 cm³/mol. The van der Waals surface area contributed by atoms with Gasteiger partial charge in [0.2, 0.25) is 0 Å². The van der Waals surface area contributed by atoms with Crippen molar-refractivity contribution in [1.82, 2.24) is 4.98 Å². The Hall–Kier alpha value is -1.58. The maximum absolute atomic E-state index is 10.8. The third-order valence-corrected chi connectivity index (χ3v) is 2.88. The van der Waals surface area contributed by atoms with Crippen LogP contribution in [0, 0.1) is 0 Å². The SMILES string of the molecule is NC(=O)Nc1ncccc1C1CCCC1. The second-order valence-electron chi connectivity index (χ2n) is 3.91. The van der Waals surface area contributed by atoms with E-state index in [4.69, 9.17) is 5.73 Å². The molecule has 2 amide bonds. The molecule has 0 bridgehead atoms. The quantitative estimate of drug-likeness (QED) is 0.777. The number of nitrogens with two attached hydrogens (primary N) is 1. The van der Waals surface area contributed by atoms with Gasteiger partial charge in [-0.25, -0.2) is 9.78 Å². The number of carbonyl (C=O) groups excluding carboxylic acids is 1. The highest BCUT2D eigenvalue weighted by molar-refractivity contribution is 5.87. The van der Waals surface area contributed by atoms with E-state index in [0.717, 1.165) is 5.56 Å². The van der Waals surface area contributed by atoms with Crippen LogP contribution < -0.4 is 11.1 Å². The third-order valence-electron chi connectivity index (χ3n) is 2.88. The minimum Gasteiger partial charge on any atom is -0.351 e. The molecule has 1 aliphatic carbocycles. The highest BCUT2D eigenvalue weighted by Gasteiger charge is 2.20. The second-order valence-corrected chi connectivity index (χ2v) is 3.91. The van der Waals surface area contributed by atoms with Crippen LogP contribution in [0.3, 0.4) is 0 Å². The third kappa shape index (κ3) is 2.26. The minimum absolute atomic E-state index is 0.528. The fourth-order valence-electron chi connectivity index (χ4n) is 2.21. The number of pyridine rings is 1. The molecule has 0 aliphatic heterocycles. The molecule has 80 valence electrons. The Morgan fingerprint density at radius 3 is 2.87 bits per heavy atom. The Bertz CT molecular complexity index is 359. The van der Waals surface area contributed by atoms with Gasteiger partial charge in [-0.15, -0.1) is 0 Å². The standard InChI is InChI=1S/C11H15N3O/c12-11(15)14-10-9(6-3-7-13-10)8-4-1-2-5-8/h3,6-8H,1-2,4-5H2,(H3,12,13,14,15). The van der Waals surface area contributed by atoms with Crippen molar-refractivity contribution in [1.29, 1.82) is 0 Å². The van der Waals surface area contributed by atoms with Crippen LogP contribution in [-0.4, -0.2) is 11.0 Å². The molecule has 1 heterocycles. The van der Waals surface area contributed by atoms with Crippen molar-refractivity contribution in [3.63, 3.8) is 0 Å². The first-order valence-electron chi connectivity index (χ1n) is 5.29. The highest BCUT2D eigenvalue weighted by atomic mass is 16.2. The zero-order valence-electron chi connectivity index (χ0n) is 8.57. The van der Waals surface area contributed by atoms with E-state index in [-0.39, 0.29) is 0 Å². The summed E-state index contributed by atoms with van der Waals surface area (Å²) >= 11 is 0. The monoisotopic (exact) mass is 205 g/mol. The molecule has 0 unspecified atom stereocenters. The molecule has 3 N–H and O–H groups in total. The molecular formula is C11H15N3O. The normalized spacial score (nSPS) is 16.5. The molecule has 1 aliphatic rings. The van der Waals surface area contributed by atoms with E-state index < -0.39 is 6.03 Å². The lowest BCUT2D eigenvalue weighted by Gasteiger charge is -2.13. The summed E-state index contributed by atoms with van der Waals surface area (Å²) < 4.78 is 0. The first kappa shape index (κ1) is 9.96. The summed E-state index contributed by atoms with van der Waals surface area (Å²) in [7, 11) is 0. The molecule has 0 atom stereocenters. The molecule has 0 saturated heterocycles. The van der Waals surface area contributed by atoms with Crippen molar-refractivity contribution in [3.05, 3.63) is 23.9 Å². The first-order chi connectivity index (χ1) is 7.27. The number of hydrogen-bond donors (Lipinski definition) is 2. The van der Waals surface area contributed by atoms with E-state index in [1.807, 2.05) is 12.1 Å². The summed E-state index contributed by atoms with van der Waals surface area (Å²) in [5.41, 5.74) is 6.22. The zero-order valence-corrected chi connectivity index (χ0v) is 8.57. The number of urea groups is 1. The topological polar surface area (TPSA) is 68.0 Å². The van der Waals surface area contributed by atoms with E-state index in [1.165, 1.54) is 25.7 Å². The van der Waals surface area contributed by atoms with Crippen LogP contribution >= 0.6 is 0 Å². The van der Waals surface area contributed by atoms with Crippen LogP contribution in [0.2, 0.25) is 0 Å². The smallest absolute Gasteiger partial charge is 0.317 e. The van der Waals surface area contributed by atoms with Crippen molar-refractivity contribution in [2.75, 3.05) is 5.32 Å². The van der Waals surface area contributed by atoms with Gasteiger partial charge in [0.25, 0.3) is 0 Å². The lowest BCUT2D eigenvalue weighted by molar-refractivity contribution is 0.259. The average Bonchev–Trinajstić information content (AvgIpc) is 2.70. The van der Waals surface area contributed by atoms with Crippen LogP contribution in [0.5, 0.6) is 0 Å². The van der Waals surface area contributed by atoms with Crippen molar-refractivity contribution < 1.29 is 4.79 Å². The van der Waals surface area contributed by atoms with Gasteiger partial charge in [-0.05, 0) is 30.4 Å². The van der Waals surface area contributed by atoms with Gasteiger partial charge in [0.15, 0.2) is 0 Å². The van der Waals surface area contributed by atoms with Crippen molar-refractivity contribution in [2.24, 2.45) is 5.73 Å². The van der Waals surface area contributed by atoms with Crippen molar-refractivity contribution in [3.8, 4) is 0 Å². The largest absolute Gasteiger partial charge is 0.351 e. The fraction of sp³-hybridized carbons (Fsp3) is 0.455. The lowest BCUT2D eigenvalue weighted by atomic mass is 9.98. The van der Waals surface area contributed by atoms with Crippen molar-refractivity contribution in [2.45, 2.75) is 31.6 Å². The number of rotatable bonds is 2. The molecule has 4 nitrogen and oxygen atoms in total. The number of hydrogen-bond acceptors (Lipinski definition) is 2. The van der Waals surface area contributed by atoms with E-state index in [1.54, 1.807) is 6.20 Å². The Labute approximate surface area is 88.9 Å². The van der Waals surface area contributed by atoms with Crippen LogP contribution in [0.4, 0.5) is 10.6 Å². The minimum atomic E-state index is -0.548. The highest BCUT2D eigenvalue weighted by Crippen LogP contribution is 2.36. The van der Waals surface area contributed by atoms with Crippen LogP contribution in [0.25, 0.3) is 0 Å². The summed E-state index contributed by atoms with van der Waals surface area (Å²) in [6.45, 7) is 0. The molecule has 1 aromatic heterocycles. The predicted octanol–water partition coefficient (Wildman–Crippen LogP) is 2.23. The molecule has 4 heteroatoms. The molecule has 0 radical (unpaired) electrons. The number of nitrogens with zero attached hydrogens (tertiary/aromatic N) is 1. The van der Waals surface area contributed by atoms with E-state index in [9.17, 15) is 4.79 Å². The Kier molecular flexibility index (Phi) is 2.85.